The monoisotopic (exact) mass is 459 g/mol. The van der Waals surface area contributed by atoms with Crippen molar-refractivity contribution in [1.82, 2.24) is 5.32 Å². The van der Waals surface area contributed by atoms with Crippen LogP contribution in [0.4, 0.5) is 16.2 Å². The number of hydrogen-bond acceptors (Lipinski definition) is 5. The van der Waals surface area contributed by atoms with E-state index in [0.29, 0.717) is 34.2 Å². The Hall–Kier alpha value is -4.33. The summed E-state index contributed by atoms with van der Waals surface area (Å²) in [5, 5.41) is 2.25. The number of primary amides is 1. The maximum Gasteiger partial charge on any atom is 0.324 e. The number of hydrogen-bond donors (Lipinski definition) is 2. The molecular weight excluding hydrogens is 434 g/mol. The van der Waals surface area contributed by atoms with Crippen LogP contribution in [0, 0.1) is 0 Å². The van der Waals surface area contributed by atoms with Crippen molar-refractivity contribution >= 4 is 29.2 Å². The standard InChI is InChI=1S/C26H25N3O5/c1-26(2,3)15-5-12-22(33-4)21(13-15)29(25(27)32)16-6-8-17(9-7-16)34-18-10-11-19-20(14-18)24(31)28-23(19)30/h5-14H,1-4H3,(H2,27,32)(H,28,30,31). The Kier molecular flexibility index (Phi) is 5.75. The van der Waals surface area contributed by atoms with Gasteiger partial charge in [-0.1, -0.05) is 26.8 Å². The molecule has 1 aliphatic rings. The zero-order chi connectivity index (χ0) is 24.6. The van der Waals surface area contributed by atoms with Gasteiger partial charge in [-0.25, -0.2) is 4.79 Å². The summed E-state index contributed by atoms with van der Waals surface area (Å²) in [6, 6.07) is 16.5. The molecule has 1 aliphatic heterocycles. The van der Waals surface area contributed by atoms with Gasteiger partial charge in [-0.3, -0.25) is 19.8 Å². The van der Waals surface area contributed by atoms with Crippen LogP contribution in [0.25, 0.3) is 0 Å². The van der Waals surface area contributed by atoms with E-state index < -0.39 is 17.8 Å². The number of amides is 4. The normalized spacial score (nSPS) is 12.7. The van der Waals surface area contributed by atoms with Crippen LogP contribution < -0.4 is 25.4 Å². The second kappa shape index (κ2) is 8.55. The highest BCUT2D eigenvalue weighted by Gasteiger charge is 2.27. The second-order valence-electron chi connectivity index (χ2n) is 8.90. The fourth-order valence-corrected chi connectivity index (χ4v) is 3.73. The van der Waals surface area contributed by atoms with Gasteiger partial charge < -0.3 is 15.2 Å². The number of imide groups is 1. The number of benzene rings is 3. The summed E-state index contributed by atoms with van der Waals surface area (Å²) in [7, 11) is 1.54. The van der Waals surface area contributed by atoms with E-state index in [9.17, 15) is 14.4 Å². The molecule has 3 aromatic rings. The van der Waals surface area contributed by atoms with Crippen LogP contribution in [0.3, 0.4) is 0 Å². The van der Waals surface area contributed by atoms with Crippen LogP contribution in [-0.2, 0) is 5.41 Å². The zero-order valence-electron chi connectivity index (χ0n) is 19.3. The van der Waals surface area contributed by atoms with Gasteiger partial charge in [0, 0.05) is 0 Å². The topological polar surface area (TPSA) is 111 Å². The molecule has 3 N–H and O–H groups in total. The average Bonchev–Trinajstić information content (AvgIpc) is 3.07. The third kappa shape index (κ3) is 4.30. The molecule has 174 valence electrons. The van der Waals surface area contributed by atoms with Gasteiger partial charge in [0.05, 0.1) is 29.6 Å². The Morgan fingerprint density at radius 3 is 2.15 bits per heavy atom. The maximum atomic E-state index is 12.5. The van der Waals surface area contributed by atoms with E-state index in [1.165, 1.54) is 18.1 Å². The van der Waals surface area contributed by atoms with Crippen LogP contribution in [0.2, 0.25) is 0 Å². The molecule has 0 aromatic heterocycles. The summed E-state index contributed by atoms with van der Waals surface area (Å²) in [6.07, 6.45) is 0. The Morgan fingerprint density at radius 2 is 1.53 bits per heavy atom. The minimum absolute atomic E-state index is 0.139. The summed E-state index contributed by atoms with van der Waals surface area (Å²) in [5.74, 6) is 0.520. The van der Waals surface area contributed by atoms with Crippen LogP contribution in [-0.4, -0.2) is 25.0 Å². The summed E-state index contributed by atoms with van der Waals surface area (Å²) in [6.45, 7) is 6.24. The van der Waals surface area contributed by atoms with E-state index in [1.807, 2.05) is 18.2 Å². The predicted molar refractivity (Wildman–Crippen MR) is 128 cm³/mol. The van der Waals surface area contributed by atoms with Crippen molar-refractivity contribution in [1.29, 1.82) is 0 Å². The maximum absolute atomic E-state index is 12.5. The lowest BCUT2D eigenvalue weighted by atomic mass is 9.86. The molecule has 3 aromatic carbocycles. The molecule has 0 atom stereocenters. The van der Waals surface area contributed by atoms with Gasteiger partial charge in [0.1, 0.15) is 17.2 Å². The van der Waals surface area contributed by atoms with Crippen molar-refractivity contribution in [2.75, 3.05) is 12.0 Å². The van der Waals surface area contributed by atoms with Gasteiger partial charge in [0.25, 0.3) is 11.8 Å². The number of carbonyl (C=O) groups excluding carboxylic acids is 3. The smallest absolute Gasteiger partial charge is 0.324 e. The number of anilines is 2. The second-order valence-corrected chi connectivity index (χ2v) is 8.90. The number of nitrogens with two attached hydrogens (primary N) is 1. The summed E-state index contributed by atoms with van der Waals surface area (Å²) < 4.78 is 11.3. The molecule has 4 rings (SSSR count). The lowest BCUT2D eigenvalue weighted by molar-refractivity contribution is 0.0879. The molecule has 0 unspecified atom stereocenters. The molecule has 0 spiro atoms. The van der Waals surface area contributed by atoms with E-state index in [4.69, 9.17) is 15.2 Å². The summed E-state index contributed by atoms with van der Waals surface area (Å²) in [5.41, 5.74) is 8.29. The van der Waals surface area contributed by atoms with Gasteiger partial charge >= 0.3 is 6.03 Å². The third-order valence-electron chi connectivity index (χ3n) is 5.54. The number of nitrogens with zero attached hydrogens (tertiary/aromatic N) is 1. The average molecular weight is 460 g/mol. The molecule has 0 saturated carbocycles. The van der Waals surface area contributed by atoms with E-state index in [-0.39, 0.29) is 11.0 Å². The van der Waals surface area contributed by atoms with Crippen LogP contribution in [0.1, 0.15) is 47.1 Å². The van der Waals surface area contributed by atoms with E-state index in [2.05, 4.69) is 26.1 Å². The predicted octanol–water partition coefficient (Wildman–Crippen LogP) is 4.89. The van der Waals surface area contributed by atoms with Crippen molar-refractivity contribution in [3.8, 4) is 17.2 Å². The molecule has 34 heavy (non-hydrogen) atoms. The number of rotatable bonds is 5. The Morgan fingerprint density at radius 1 is 0.882 bits per heavy atom. The van der Waals surface area contributed by atoms with Crippen molar-refractivity contribution in [3.05, 3.63) is 77.4 Å². The Labute approximate surface area is 197 Å². The van der Waals surface area contributed by atoms with E-state index >= 15 is 0 Å². The number of carbonyl (C=O) groups is 3. The first-order valence-corrected chi connectivity index (χ1v) is 10.6. The SMILES string of the molecule is COc1ccc(C(C)(C)C)cc1N(C(N)=O)c1ccc(Oc2ccc3c(c2)C(=O)NC3=O)cc1. The molecule has 4 amide bonds. The number of nitrogens with one attached hydrogen (secondary N) is 1. The highest BCUT2D eigenvalue weighted by Crippen LogP contribution is 2.38. The number of methoxy groups -OCH3 is 1. The van der Waals surface area contributed by atoms with E-state index in [1.54, 1.807) is 36.4 Å². The fraction of sp³-hybridized carbons (Fsp3) is 0.192. The molecule has 0 radical (unpaired) electrons. The summed E-state index contributed by atoms with van der Waals surface area (Å²) in [4.78, 5) is 37.5. The lowest BCUT2D eigenvalue weighted by Gasteiger charge is -2.26. The molecule has 0 fully saturated rings. The quantitative estimate of drug-likeness (QED) is 0.528. The number of fused-ring (bicyclic) bond motifs is 1. The van der Waals surface area contributed by atoms with Gasteiger partial charge in [0.15, 0.2) is 0 Å². The highest BCUT2D eigenvalue weighted by atomic mass is 16.5. The number of ether oxygens (including phenoxy) is 2. The zero-order valence-corrected chi connectivity index (χ0v) is 19.3. The molecule has 1 heterocycles. The molecule has 0 aliphatic carbocycles. The van der Waals surface area contributed by atoms with Crippen LogP contribution in [0.5, 0.6) is 17.2 Å². The van der Waals surface area contributed by atoms with Crippen LogP contribution >= 0.6 is 0 Å². The number of urea groups is 1. The molecule has 8 nitrogen and oxygen atoms in total. The van der Waals surface area contributed by atoms with Crippen LogP contribution in [0.15, 0.2) is 60.7 Å². The van der Waals surface area contributed by atoms with Gasteiger partial charge in [-0.05, 0) is 65.6 Å². The summed E-state index contributed by atoms with van der Waals surface area (Å²) >= 11 is 0. The molecule has 0 saturated heterocycles. The minimum Gasteiger partial charge on any atom is -0.495 e. The first kappa shape index (κ1) is 22.8. The first-order chi connectivity index (χ1) is 16.1. The van der Waals surface area contributed by atoms with Gasteiger partial charge in [-0.15, -0.1) is 0 Å². The van der Waals surface area contributed by atoms with Gasteiger partial charge in [-0.2, -0.15) is 0 Å². The molecule has 0 bridgehead atoms. The van der Waals surface area contributed by atoms with Crippen molar-refractivity contribution in [3.63, 3.8) is 0 Å². The molecule has 8 heteroatoms. The fourth-order valence-electron chi connectivity index (χ4n) is 3.73. The minimum atomic E-state index is -0.660. The van der Waals surface area contributed by atoms with E-state index in [0.717, 1.165) is 5.56 Å². The lowest BCUT2D eigenvalue weighted by Crippen LogP contribution is -2.32. The largest absolute Gasteiger partial charge is 0.495 e. The van der Waals surface area contributed by atoms with Gasteiger partial charge in [0.2, 0.25) is 0 Å². The van der Waals surface area contributed by atoms with Crippen molar-refractivity contribution < 1.29 is 23.9 Å². The van der Waals surface area contributed by atoms with Crippen molar-refractivity contribution in [2.45, 2.75) is 26.2 Å². The highest BCUT2D eigenvalue weighted by molar-refractivity contribution is 6.21. The first-order valence-electron chi connectivity index (χ1n) is 10.6. The van der Waals surface area contributed by atoms with Crippen molar-refractivity contribution in [2.24, 2.45) is 5.73 Å². The Balaban J connectivity index is 1.64. The third-order valence-corrected chi connectivity index (χ3v) is 5.54. The Bertz CT molecular complexity index is 1290. The molecular formula is C26H25N3O5.